The average Bonchev–Trinajstić information content (AvgIpc) is 2.18. The molecule has 0 saturated carbocycles. The van der Waals surface area contributed by atoms with Gasteiger partial charge in [-0.25, -0.2) is 0 Å². The third-order valence-corrected chi connectivity index (χ3v) is 2.24. The Morgan fingerprint density at radius 2 is 2.29 bits per heavy atom. The highest BCUT2D eigenvalue weighted by Crippen LogP contribution is 2.30. The maximum Gasteiger partial charge on any atom is 0.311 e. The Morgan fingerprint density at radius 3 is 2.79 bits per heavy atom. The molecule has 0 spiro atoms. The van der Waals surface area contributed by atoms with E-state index in [1.165, 1.54) is 13.2 Å². The third kappa shape index (κ3) is 2.23. The summed E-state index contributed by atoms with van der Waals surface area (Å²) in [6.45, 7) is 0. The third-order valence-electron chi connectivity index (χ3n) is 1.84. The molecule has 76 valence electrons. The molecule has 0 heterocycles. The van der Waals surface area contributed by atoms with E-state index in [1.54, 1.807) is 6.07 Å². The Bertz CT molecular complexity index is 341. The van der Waals surface area contributed by atoms with Crippen LogP contribution in [0.3, 0.4) is 0 Å². The van der Waals surface area contributed by atoms with Crippen LogP contribution in [0.15, 0.2) is 18.2 Å². The molecule has 0 amide bonds. The zero-order valence-corrected chi connectivity index (χ0v) is 9.28. The Balaban J connectivity index is 3.17. The van der Waals surface area contributed by atoms with Gasteiger partial charge in [-0.1, -0.05) is 28.1 Å². The fourth-order valence-corrected chi connectivity index (χ4v) is 1.68. The number of hydrogen-bond donors (Lipinski definition) is 0. The van der Waals surface area contributed by atoms with E-state index in [-0.39, 0.29) is 5.69 Å². The predicted molar refractivity (Wildman–Crippen MR) is 57.1 cm³/mol. The second-order valence-electron chi connectivity index (χ2n) is 2.67. The lowest BCUT2D eigenvalue weighted by molar-refractivity contribution is -0.385. The largest absolute Gasteiger partial charge is 0.490 e. The molecule has 0 unspecified atom stereocenters. The van der Waals surface area contributed by atoms with Crippen LogP contribution in [0.25, 0.3) is 0 Å². The monoisotopic (exact) mass is 259 g/mol. The Morgan fingerprint density at radius 1 is 1.57 bits per heavy atom. The highest BCUT2D eigenvalue weighted by atomic mass is 79.9. The number of aryl methyl sites for hydroxylation is 1. The number of nitro benzene ring substituents is 1. The lowest BCUT2D eigenvalue weighted by Crippen LogP contribution is -1.98. The molecule has 1 aromatic carbocycles. The Kier molecular flexibility index (Phi) is 3.88. The number of rotatable bonds is 4. The van der Waals surface area contributed by atoms with Crippen molar-refractivity contribution in [3.8, 4) is 5.75 Å². The van der Waals surface area contributed by atoms with Crippen LogP contribution in [0.1, 0.15) is 5.56 Å². The number of nitrogens with zero attached hydrogens (tertiary/aromatic N) is 1. The van der Waals surface area contributed by atoms with Crippen molar-refractivity contribution in [1.29, 1.82) is 0 Å². The first kappa shape index (κ1) is 11.0. The topological polar surface area (TPSA) is 52.4 Å². The van der Waals surface area contributed by atoms with E-state index in [0.29, 0.717) is 12.2 Å². The fraction of sp³-hybridized carbons (Fsp3) is 0.333. The SMILES string of the molecule is COc1c(CCBr)cccc1[N+](=O)[O-]. The van der Waals surface area contributed by atoms with E-state index in [1.807, 2.05) is 6.07 Å². The average molecular weight is 260 g/mol. The maximum absolute atomic E-state index is 10.7. The number of alkyl halides is 1. The predicted octanol–water partition coefficient (Wildman–Crippen LogP) is 2.54. The maximum atomic E-state index is 10.7. The molecule has 0 aliphatic heterocycles. The quantitative estimate of drug-likeness (QED) is 0.475. The molecule has 0 N–H and O–H groups in total. The van der Waals surface area contributed by atoms with Gasteiger partial charge in [0.2, 0.25) is 0 Å². The summed E-state index contributed by atoms with van der Waals surface area (Å²) in [6.07, 6.45) is 0.713. The summed E-state index contributed by atoms with van der Waals surface area (Å²) in [5.74, 6) is 0.358. The normalized spacial score (nSPS) is 9.86. The molecule has 0 bridgehead atoms. The second kappa shape index (κ2) is 4.95. The first-order valence-corrected chi connectivity index (χ1v) is 5.19. The van der Waals surface area contributed by atoms with Gasteiger partial charge in [-0.3, -0.25) is 10.1 Å². The van der Waals surface area contributed by atoms with Gasteiger partial charge in [0.1, 0.15) is 0 Å². The number of hydrogen-bond acceptors (Lipinski definition) is 3. The number of nitro groups is 1. The van der Waals surface area contributed by atoms with Crippen molar-refractivity contribution in [2.75, 3.05) is 12.4 Å². The van der Waals surface area contributed by atoms with Crippen molar-refractivity contribution in [2.45, 2.75) is 6.42 Å². The molecule has 0 fully saturated rings. The van der Waals surface area contributed by atoms with Crippen LogP contribution in [0.5, 0.6) is 5.75 Å². The van der Waals surface area contributed by atoms with Crippen molar-refractivity contribution in [2.24, 2.45) is 0 Å². The van der Waals surface area contributed by atoms with Gasteiger partial charge in [0.05, 0.1) is 12.0 Å². The van der Waals surface area contributed by atoms with Crippen LogP contribution < -0.4 is 4.74 Å². The van der Waals surface area contributed by atoms with Gasteiger partial charge in [-0.2, -0.15) is 0 Å². The highest BCUT2D eigenvalue weighted by Gasteiger charge is 2.17. The first-order chi connectivity index (χ1) is 6.70. The number of halogens is 1. The molecular formula is C9H10BrNO3. The van der Waals surface area contributed by atoms with Gasteiger partial charge in [0.15, 0.2) is 5.75 Å². The molecule has 0 aliphatic rings. The summed E-state index contributed by atoms with van der Waals surface area (Å²) in [4.78, 5) is 10.2. The smallest absolute Gasteiger partial charge is 0.311 e. The molecule has 0 atom stereocenters. The van der Waals surface area contributed by atoms with Crippen LogP contribution in [-0.2, 0) is 6.42 Å². The minimum absolute atomic E-state index is 0.0194. The molecular weight excluding hydrogens is 250 g/mol. The summed E-state index contributed by atoms with van der Waals surface area (Å²) in [5.41, 5.74) is 0.865. The van der Waals surface area contributed by atoms with Crippen LogP contribution in [-0.4, -0.2) is 17.4 Å². The van der Waals surface area contributed by atoms with Crippen molar-refractivity contribution in [3.05, 3.63) is 33.9 Å². The van der Waals surface area contributed by atoms with Gasteiger partial charge in [0.25, 0.3) is 0 Å². The molecule has 0 radical (unpaired) electrons. The van der Waals surface area contributed by atoms with Crippen LogP contribution >= 0.6 is 15.9 Å². The summed E-state index contributed by atoms with van der Waals surface area (Å²) >= 11 is 3.29. The van der Waals surface area contributed by atoms with Crippen molar-refractivity contribution < 1.29 is 9.66 Å². The summed E-state index contributed by atoms with van der Waals surface area (Å²) < 4.78 is 5.03. The van der Waals surface area contributed by atoms with Gasteiger partial charge in [0, 0.05) is 17.0 Å². The van der Waals surface area contributed by atoms with Gasteiger partial charge in [-0.05, 0) is 6.42 Å². The van der Waals surface area contributed by atoms with E-state index >= 15 is 0 Å². The molecule has 0 saturated heterocycles. The number of ether oxygens (including phenoxy) is 1. The molecule has 1 aromatic rings. The molecule has 1 rings (SSSR count). The van der Waals surface area contributed by atoms with E-state index in [2.05, 4.69) is 15.9 Å². The summed E-state index contributed by atoms with van der Waals surface area (Å²) in [6, 6.07) is 4.93. The highest BCUT2D eigenvalue weighted by molar-refractivity contribution is 9.09. The zero-order chi connectivity index (χ0) is 10.6. The zero-order valence-electron chi connectivity index (χ0n) is 7.70. The standard InChI is InChI=1S/C9H10BrNO3/c1-14-9-7(5-6-10)3-2-4-8(9)11(12)13/h2-4H,5-6H2,1H3. The van der Waals surface area contributed by atoms with Crippen LogP contribution in [0.4, 0.5) is 5.69 Å². The van der Waals surface area contributed by atoms with Crippen molar-refractivity contribution in [1.82, 2.24) is 0 Å². The van der Waals surface area contributed by atoms with Crippen LogP contribution in [0, 0.1) is 10.1 Å². The lowest BCUT2D eigenvalue weighted by atomic mass is 10.1. The fourth-order valence-electron chi connectivity index (χ4n) is 1.25. The van der Waals surface area contributed by atoms with E-state index in [4.69, 9.17) is 4.74 Å². The molecule has 5 heteroatoms. The lowest BCUT2D eigenvalue weighted by Gasteiger charge is -2.06. The van der Waals surface area contributed by atoms with Crippen molar-refractivity contribution >= 4 is 21.6 Å². The number of benzene rings is 1. The molecule has 14 heavy (non-hydrogen) atoms. The van der Waals surface area contributed by atoms with E-state index < -0.39 is 4.92 Å². The molecule has 4 nitrogen and oxygen atoms in total. The Labute approximate surface area is 90.2 Å². The minimum Gasteiger partial charge on any atom is -0.490 e. The first-order valence-electron chi connectivity index (χ1n) is 4.07. The molecule has 0 aromatic heterocycles. The number of para-hydroxylation sites is 1. The van der Waals surface area contributed by atoms with Gasteiger partial charge < -0.3 is 4.74 Å². The summed E-state index contributed by atoms with van der Waals surface area (Å²) in [5, 5.41) is 11.4. The minimum atomic E-state index is -0.434. The van der Waals surface area contributed by atoms with Gasteiger partial charge >= 0.3 is 5.69 Å². The second-order valence-corrected chi connectivity index (χ2v) is 3.46. The molecule has 0 aliphatic carbocycles. The van der Waals surface area contributed by atoms with Crippen LogP contribution in [0.2, 0.25) is 0 Å². The Hall–Kier alpha value is -1.10. The van der Waals surface area contributed by atoms with E-state index in [9.17, 15) is 10.1 Å². The van der Waals surface area contributed by atoms with E-state index in [0.717, 1.165) is 10.9 Å². The van der Waals surface area contributed by atoms with Crippen molar-refractivity contribution in [3.63, 3.8) is 0 Å². The number of methoxy groups -OCH3 is 1. The summed E-state index contributed by atoms with van der Waals surface area (Å²) in [7, 11) is 1.44. The van der Waals surface area contributed by atoms with Gasteiger partial charge in [-0.15, -0.1) is 0 Å².